The van der Waals surface area contributed by atoms with Crippen LogP contribution in [0, 0.1) is 0 Å². The molecule has 0 atom stereocenters. The summed E-state index contributed by atoms with van der Waals surface area (Å²) in [6, 6.07) is 3.66. The highest BCUT2D eigenvalue weighted by molar-refractivity contribution is 5.33. The van der Waals surface area contributed by atoms with Crippen molar-refractivity contribution in [2.45, 2.75) is 20.0 Å². The van der Waals surface area contributed by atoms with Crippen molar-refractivity contribution in [3.63, 3.8) is 0 Å². The number of anilines is 1. The maximum absolute atomic E-state index is 11.8. The van der Waals surface area contributed by atoms with E-state index < -0.39 is 0 Å². The van der Waals surface area contributed by atoms with Crippen molar-refractivity contribution in [3.8, 4) is 0 Å². The summed E-state index contributed by atoms with van der Waals surface area (Å²) in [5, 5.41) is 0. The lowest BCUT2D eigenvalue weighted by atomic mass is 10.3. The van der Waals surface area contributed by atoms with E-state index in [-0.39, 0.29) is 5.69 Å². The number of rotatable bonds is 4. The molecule has 0 aliphatic carbocycles. The van der Waals surface area contributed by atoms with Gasteiger partial charge in [0.05, 0.1) is 6.54 Å². The predicted octanol–water partition coefficient (Wildman–Crippen LogP) is 0.399. The number of hydrogen-bond donors (Lipinski definition) is 2. The van der Waals surface area contributed by atoms with Crippen molar-refractivity contribution < 1.29 is 0 Å². The summed E-state index contributed by atoms with van der Waals surface area (Å²) in [4.78, 5) is 15.9. The Morgan fingerprint density at radius 3 is 2.65 bits per heavy atom. The molecule has 2 rings (SSSR count). The minimum atomic E-state index is -0.00599. The molecule has 6 nitrogen and oxygen atoms in total. The lowest BCUT2D eigenvalue weighted by molar-refractivity contribution is 0.667. The standard InChI is InChI=1S/C11H15N5O/c1-2-15-5-6-16(11(15)17)8-9-3-4-10(14-12)13-7-9/h3-7H,2,8,12H2,1H3,(H,13,14). The quantitative estimate of drug-likeness (QED) is 0.592. The Morgan fingerprint density at radius 1 is 1.35 bits per heavy atom. The number of aryl methyl sites for hydroxylation is 1. The second kappa shape index (κ2) is 4.84. The first-order valence-electron chi connectivity index (χ1n) is 5.41. The van der Waals surface area contributed by atoms with Crippen LogP contribution in [0.4, 0.5) is 5.82 Å². The fourth-order valence-corrected chi connectivity index (χ4v) is 1.61. The van der Waals surface area contributed by atoms with E-state index in [1.165, 1.54) is 0 Å². The van der Waals surface area contributed by atoms with E-state index in [9.17, 15) is 4.79 Å². The topological polar surface area (TPSA) is 77.9 Å². The van der Waals surface area contributed by atoms with Crippen LogP contribution in [0.1, 0.15) is 12.5 Å². The Kier molecular flexibility index (Phi) is 3.24. The van der Waals surface area contributed by atoms with Crippen LogP contribution in [0.5, 0.6) is 0 Å². The van der Waals surface area contributed by atoms with Crippen molar-refractivity contribution >= 4 is 5.82 Å². The van der Waals surface area contributed by atoms with Crippen LogP contribution in [0.3, 0.4) is 0 Å². The first kappa shape index (κ1) is 11.4. The Morgan fingerprint density at radius 2 is 2.12 bits per heavy atom. The molecule has 0 amide bonds. The number of hydrogen-bond acceptors (Lipinski definition) is 4. The zero-order chi connectivity index (χ0) is 12.3. The minimum Gasteiger partial charge on any atom is -0.308 e. The van der Waals surface area contributed by atoms with Gasteiger partial charge < -0.3 is 5.43 Å². The van der Waals surface area contributed by atoms with Crippen LogP contribution in [0.25, 0.3) is 0 Å². The van der Waals surface area contributed by atoms with Crippen molar-refractivity contribution in [1.29, 1.82) is 0 Å². The maximum Gasteiger partial charge on any atom is 0.328 e. The smallest absolute Gasteiger partial charge is 0.308 e. The molecule has 0 aliphatic rings. The third kappa shape index (κ3) is 2.36. The fraction of sp³-hybridized carbons (Fsp3) is 0.273. The van der Waals surface area contributed by atoms with E-state index in [1.807, 2.05) is 13.0 Å². The van der Waals surface area contributed by atoms with E-state index in [4.69, 9.17) is 5.84 Å². The summed E-state index contributed by atoms with van der Waals surface area (Å²) >= 11 is 0. The normalized spacial score (nSPS) is 10.5. The summed E-state index contributed by atoms with van der Waals surface area (Å²) in [6.07, 6.45) is 5.26. The Hall–Kier alpha value is -2.08. The summed E-state index contributed by atoms with van der Waals surface area (Å²) in [7, 11) is 0. The monoisotopic (exact) mass is 233 g/mol. The molecule has 17 heavy (non-hydrogen) atoms. The summed E-state index contributed by atoms with van der Waals surface area (Å²) in [5.41, 5.74) is 3.41. The van der Waals surface area contributed by atoms with Gasteiger partial charge in [-0.1, -0.05) is 6.07 Å². The zero-order valence-corrected chi connectivity index (χ0v) is 9.63. The lowest BCUT2D eigenvalue weighted by Crippen LogP contribution is -2.23. The Balaban J connectivity index is 2.19. The number of nitrogens with two attached hydrogens (primary N) is 1. The van der Waals surface area contributed by atoms with Crippen LogP contribution in [0.15, 0.2) is 35.5 Å². The molecule has 0 aliphatic heterocycles. The molecule has 0 spiro atoms. The van der Waals surface area contributed by atoms with Crippen LogP contribution >= 0.6 is 0 Å². The van der Waals surface area contributed by atoms with Gasteiger partial charge in [-0.25, -0.2) is 15.6 Å². The Bertz CT molecular complexity index is 540. The molecule has 2 aromatic rings. The number of nitrogen functional groups attached to an aromatic ring is 1. The van der Waals surface area contributed by atoms with E-state index >= 15 is 0 Å². The average Bonchev–Trinajstić information content (AvgIpc) is 2.71. The summed E-state index contributed by atoms with van der Waals surface area (Å²) in [6.45, 7) is 3.14. The van der Waals surface area contributed by atoms with Gasteiger partial charge in [-0.15, -0.1) is 0 Å². The van der Waals surface area contributed by atoms with Crippen LogP contribution in [-0.2, 0) is 13.1 Å². The van der Waals surface area contributed by atoms with Gasteiger partial charge in [0.2, 0.25) is 0 Å². The van der Waals surface area contributed by atoms with Gasteiger partial charge in [-0.2, -0.15) is 0 Å². The molecule has 0 radical (unpaired) electrons. The van der Waals surface area contributed by atoms with E-state index in [0.29, 0.717) is 18.9 Å². The second-order valence-corrected chi connectivity index (χ2v) is 3.69. The van der Waals surface area contributed by atoms with E-state index in [1.54, 1.807) is 33.8 Å². The van der Waals surface area contributed by atoms with Crippen molar-refractivity contribution in [1.82, 2.24) is 14.1 Å². The summed E-state index contributed by atoms with van der Waals surface area (Å²) in [5.74, 6) is 5.83. The van der Waals surface area contributed by atoms with Gasteiger partial charge in [-0.3, -0.25) is 9.13 Å². The van der Waals surface area contributed by atoms with Gasteiger partial charge in [0, 0.05) is 25.1 Å². The molecule has 90 valence electrons. The van der Waals surface area contributed by atoms with E-state index in [2.05, 4.69) is 10.4 Å². The third-order valence-electron chi connectivity index (χ3n) is 2.58. The zero-order valence-electron chi connectivity index (χ0n) is 9.63. The number of nitrogens with zero attached hydrogens (tertiary/aromatic N) is 3. The number of aromatic nitrogens is 3. The molecule has 2 heterocycles. The van der Waals surface area contributed by atoms with Gasteiger partial charge in [0.1, 0.15) is 5.82 Å². The molecule has 3 N–H and O–H groups in total. The molecule has 2 aromatic heterocycles. The number of pyridine rings is 1. The van der Waals surface area contributed by atoms with Crippen molar-refractivity contribution in [3.05, 3.63) is 46.8 Å². The van der Waals surface area contributed by atoms with Gasteiger partial charge in [0.15, 0.2) is 0 Å². The van der Waals surface area contributed by atoms with Gasteiger partial charge in [0.25, 0.3) is 0 Å². The highest BCUT2D eigenvalue weighted by Crippen LogP contribution is 2.04. The van der Waals surface area contributed by atoms with Crippen LogP contribution in [0.2, 0.25) is 0 Å². The SMILES string of the molecule is CCn1ccn(Cc2ccc(NN)nc2)c1=O. The number of imidazole rings is 1. The minimum absolute atomic E-state index is 0.00599. The van der Waals surface area contributed by atoms with Crippen molar-refractivity contribution in [2.75, 3.05) is 5.43 Å². The molecular formula is C11H15N5O. The lowest BCUT2D eigenvalue weighted by Gasteiger charge is -2.03. The first-order valence-corrected chi connectivity index (χ1v) is 5.41. The molecule has 6 heteroatoms. The number of hydrazine groups is 1. The second-order valence-electron chi connectivity index (χ2n) is 3.69. The highest BCUT2D eigenvalue weighted by atomic mass is 16.1. The molecule has 0 fully saturated rings. The van der Waals surface area contributed by atoms with Gasteiger partial charge in [-0.05, 0) is 18.6 Å². The van der Waals surface area contributed by atoms with Crippen LogP contribution < -0.4 is 17.0 Å². The highest BCUT2D eigenvalue weighted by Gasteiger charge is 2.02. The molecular weight excluding hydrogens is 218 g/mol. The molecule has 0 aromatic carbocycles. The maximum atomic E-state index is 11.8. The van der Waals surface area contributed by atoms with E-state index in [0.717, 1.165) is 5.56 Å². The first-order chi connectivity index (χ1) is 8.24. The number of nitrogens with one attached hydrogen (secondary N) is 1. The largest absolute Gasteiger partial charge is 0.328 e. The Labute approximate surface area is 98.7 Å². The molecule has 0 saturated carbocycles. The molecule has 0 bridgehead atoms. The molecule has 0 saturated heterocycles. The fourth-order valence-electron chi connectivity index (χ4n) is 1.61. The summed E-state index contributed by atoms with van der Waals surface area (Å²) < 4.78 is 3.30. The van der Waals surface area contributed by atoms with Crippen LogP contribution in [-0.4, -0.2) is 14.1 Å². The molecule has 0 unspecified atom stereocenters. The third-order valence-corrected chi connectivity index (χ3v) is 2.58. The average molecular weight is 233 g/mol. The predicted molar refractivity (Wildman–Crippen MR) is 65.5 cm³/mol. The van der Waals surface area contributed by atoms with Crippen molar-refractivity contribution in [2.24, 2.45) is 5.84 Å². The van der Waals surface area contributed by atoms with Gasteiger partial charge >= 0.3 is 5.69 Å².